The highest BCUT2D eigenvalue weighted by Gasteiger charge is 2.07. The second-order valence-corrected chi connectivity index (χ2v) is 6.95. The molecule has 0 aromatic heterocycles. The molecule has 1 rings (SSSR count). The Morgan fingerprint density at radius 3 is 2.24 bits per heavy atom. The van der Waals surface area contributed by atoms with Gasteiger partial charge in [-0.2, -0.15) is 0 Å². The van der Waals surface area contributed by atoms with Crippen LogP contribution in [0.3, 0.4) is 0 Å². The second-order valence-electron chi connectivity index (χ2n) is 6.95. The van der Waals surface area contributed by atoms with E-state index in [1.165, 1.54) is 11.1 Å². The highest BCUT2D eigenvalue weighted by molar-refractivity contribution is 5.22. The summed E-state index contributed by atoms with van der Waals surface area (Å²) in [5, 5.41) is 3.51. The predicted molar refractivity (Wildman–Crippen MR) is 90.7 cm³/mol. The molecule has 0 radical (unpaired) electrons. The Balaban J connectivity index is 2.21. The van der Waals surface area contributed by atoms with Crippen molar-refractivity contribution in [1.82, 2.24) is 10.2 Å². The molecule has 0 unspecified atom stereocenters. The molecule has 0 aliphatic carbocycles. The molecule has 0 aliphatic heterocycles. The summed E-state index contributed by atoms with van der Waals surface area (Å²) < 4.78 is 5.70. The first-order valence-electron chi connectivity index (χ1n) is 7.92. The molecule has 0 saturated carbocycles. The Bertz CT molecular complexity index is 379. The van der Waals surface area contributed by atoms with Crippen LogP contribution >= 0.6 is 0 Å². The first kappa shape index (κ1) is 18.1. The van der Waals surface area contributed by atoms with Gasteiger partial charge in [-0.15, -0.1) is 0 Å². The van der Waals surface area contributed by atoms with Crippen molar-refractivity contribution in [2.45, 2.75) is 45.8 Å². The summed E-state index contributed by atoms with van der Waals surface area (Å²) in [6.07, 6.45) is 2.16. The van der Waals surface area contributed by atoms with E-state index in [-0.39, 0.29) is 5.54 Å². The maximum Gasteiger partial charge on any atom is 0.0716 e. The van der Waals surface area contributed by atoms with Crippen LogP contribution in [0.1, 0.15) is 38.3 Å². The summed E-state index contributed by atoms with van der Waals surface area (Å²) in [5.74, 6) is 0. The third-order valence-electron chi connectivity index (χ3n) is 3.25. The van der Waals surface area contributed by atoms with E-state index in [2.05, 4.69) is 69.3 Å². The lowest BCUT2D eigenvalue weighted by Crippen LogP contribution is -2.37. The van der Waals surface area contributed by atoms with Gasteiger partial charge in [0.2, 0.25) is 0 Å². The minimum absolute atomic E-state index is 0.195. The van der Waals surface area contributed by atoms with Crippen molar-refractivity contribution in [2.24, 2.45) is 0 Å². The number of benzene rings is 1. The molecule has 120 valence electrons. The van der Waals surface area contributed by atoms with Crippen LogP contribution in [0.5, 0.6) is 0 Å². The van der Waals surface area contributed by atoms with Crippen molar-refractivity contribution < 1.29 is 4.74 Å². The first-order chi connectivity index (χ1) is 9.87. The molecule has 0 atom stereocenters. The van der Waals surface area contributed by atoms with Crippen LogP contribution in [0.2, 0.25) is 0 Å². The van der Waals surface area contributed by atoms with E-state index in [0.29, 0.717) is 6.61 Å². The van der Waals surface area contributed by atoms with E-state index in [9.17, 15) is 0 Å². The molecule has 0 heterocycles. The number of rotatable bonds is 9. The number of hydrogen-bond donors (Lipinski definition) is 1. The number of nitrogens with zero attached hydrogens (tertiary/aromatic N) is 1. The molecule has 0 aliphatic rings. The van der Waals surface area contributed by atoms with Crippen molar-refractivity contribution >= 4 is 0 Å². The Hall–Kier alpha value is -0.900. The van der Waals surface area contributed by atoms with Gasteiger partial charge in [0.15, 0.2) is 0 Å². The van der Waals surface area contributed by atoms with Crippen LogP contribution in [0.15, 0.2) is 24.3 Å². The smallest absolute Gasteiger partial charge is 0.0716 e. The largest absolute Gasteiger partial charge is 0.377 e. The topological polar surface area (TPSA) is 24.5 Å². The summed E-state index contributed by atoms with van der Waals surface area (Å²) in [4.78, 5) is 2.18. The molecule has 1 aromatic rings. The van der Waals surface area contributed by atoms with Gasteiger partial charge in [0.05, 0.1) is 6.61 Å². The average Bonchev–Trinajstić information content (AvgIpc) is 2.38. The zero-order chi connectivity index (χ0) is 15.7. The van der Waals surface area contributed by atoms with Crippen molar-refractivity contribution in [1.29, 1.82) is 0 Å². The SMILES string of the molecule is CN(C)CCCOCc1ccc(CCNC(C)(C)C)cc1. The maximum absolute atomic E-state index is 5.70. The quantitative estimate of drug-likeness (QED) is 0.708. The minimum atomic E-state index is 0.195. The lowest BCUT2D eigenvalue weighted by molar-refractivity contribution is 0.113. The first-order valence-corrected chi connectivity index (χ1v) is 7.92. The molecule has 1 aromatic carbocycles. The highest BCUT2D eigenvalue weighted by Crippen LogP contribution is 2.07. The molecule has 21 heavy (non-hydrogen) atoms. The van der Waals surface area contributed by atoms with E-state index in [1.54, 1.807) is 0 Å². The Morgan fingerprint density at radius 1 is 1.05 bits per heavy atom. The number of nitrogens with one attached hydrogen (secondary N) is 1. The van der Waals surface area contributed by atoms with Gasteiger partial charge in [0.1, 0.15) is 0 Å². The fourth-order valence-electron chi connectivity index (χ4n) is 2.06. The molecular weight excluding hydrogens is 260 g/mol. The highest BCUT2D eigenvalue weighted by atomic mass is 16.5. The Kier molecular flexibility index (Phi) is 7.94. The van der Waals surface area contributed by atoms with Crippen LogP contribution in [-0.4, -0.2) is 44.2 Å². The summed E-state index contributed by atoms with van der Waals surface area (Å²) in [7, 11) is 4.18. The van der Waals surface area contributed by atoms with Crippen LogP contribution in [0, 0.1) is 0 Å². The zero-order valence-corrected chi connectivity index (χ0v) is 14.4. The molecule has 0 fully saturated rings. The molecule has 0 spiro atoms. The summed E-state index contributed by atoms with van der Waals surface area (Å²) in [5.41, 5.74) is 2.83. The van der Waals surface area contributed by atoms with E-state index < -0.39 is 0 Å². The Morgan fingerprint density at radius 2 is 1.67 bits per heavy atom. The van der Waals surface area contributed by atoms with Crippen molar-refractivity contribution in [3.05, 3.63) is 35.4 Å². The summed E-state index contributed by atoms with van der Waals surface area (Å²) >= 11 is 0. The second kappa shape index (κ2) is 9.19. The van der Waals surface area contributed by atoms with Crippen molar-refractivity contribution in [3.63, 3.8) is 0 Å². The molecule has 0 bridgehead atoms. The Labute approximate surface area is 130 Å². The van der Waals surface area contributed by atoms with E-state index in [1.807, 2.05) is 0 Å². The number of ether oxygens (including phenoxy) is 1. The van der Waals surface area contributed by atoms with Gasteiger partial charge in [-0.25, -0.2) is 0 Å². The normalized spacial score (nSPS) is 12.1. The van der Waals surface area contributed by atoms with E-state index in [0.717, 1.165) is 32.5 Å². The van der Waals surface area contributed by atoms with Crippen LogP contribution in [-0.2, 0) is 17.8 Å². The van der Waals surface area contributed by atoms with Gasteiger partial charge in [-0.1, -0.05) is 24.3 Å². The third-order valence-corrected chi connectivity index (χ3v) is 3.25. The maximum atomic E-state index is 5.70. The zero-order valence-electron chi connectivity index (χ0n) is 14.4. The molecule has 0 amide bonds. The van der Waals surface area contributed by atoms with E-state index in [4.69, 9.17) is 4.74 Å². The van der Waals surface area contributed by atoms with Gasteiger partial charge >= 0.3 is 0 Å². The van der Waals surface area contributed by atoms with Crippen LogP contribution < -0.4 is 5.32 Å². The van der Waals surface area contributed by atoms with Gasteiger partial charge in [0.25, 0.3) is 0 Å². The minimum Gasteiger partial charge on any atom is -0.377 e. The van der Waals surface area contributed by atoms with Gasteiger partial charge in [-0.3, -0.25) is 0 Å². The lowest BCUT2D eigenvalue weighted by Gasteiger charge is -2.20. The molecule has 3 heteroatoms. The van der Waals surface area contributed by atoms with Gasteiger partial charge in [-0.05, 0) is 71.9 Å². The fraction of sp³-hybridized carbons (Fsp3) is 0.667. The molecule has 0 saturated heterocycles. The van der Waals surface area contributed by atoms with Gasteiger partial charge in [0, 0.05) is 12.1 Å². The average molecular weight is 292 g/mol. The lowest BCUT2D eigenvalue weighted by atomic mass is 10.1. The molecule has 1 N–H and O–H groups in total. The van der Waals surface area contributed by atoms with Crippen molar-refractivity contribution in [3.8, 4) is 0 Å². The molecular formula is C18H32N2O. The van der Waals surface area contributed by atoms with E-state index >= 15 is 0 Å². The molecule has 3 nitrogen and oxygen atoms in total. The van der Waals surface area contributed by atoms with Crippen molar-refractivity contribution in [2.75, 3.05) is 33.8 Å². The van der Waals surface area contributed by atoms with Crippen LogP contribution in [0.4, 0.5) is 0 Å². The summed E-state index contributed by atoms with van der Waals surface area (Å²) in [6, 6.07) is 8.78. The van der Waals surface area contributed by atoms with Crippen LogP contribution in [0.25, 0.3) is 0 Å². The standard InChI is InChI=1S/C18H32N2O/c1-18(2,3)19-12-11-16-7-9-17(10-8-16)15-21-14-6-13-20(4)5/h7-10,19H,6,11-15H2,1-5H3. The number of hydrogen-bond acceptors (Lipinski definition) is 3. The summed E-state index contributed by atoms with van der Waals surface area (Å²) in [6.45, 7) is 10.2. The fourth-order valence-corrected chi connectivity index (χ4v) is 2.06. The third kappa shape index (κ3) is 9.62. The van der Waals surface area contributed by atoms with Gasteiger partial charge < -0.3 is 15.0 Å². The predicted octanol–water partition coefficient (Wildman–Crippen LogP) is 3.09. The monoisotopic (exact) mass is 292 g/mol.